The van der Waals surface area contributed by atoms with Gasteiger partial charge >= 0.3 is 0 Å². The van der Waals surface area contributed by atoms with Crippen LogP contribution >= 0.6 is 11.8 Å². The molecule has 0 spiro atoms. The van der Waals surface area contributed by atoms with Crippen molar-refractivity contribution >= 4 is 22.5 Å². The van der Waals surface area contributed by atoms with Crippen LogP contribution < -0.4 is 10.5 Å². The second-order valence-electron chi connectivity index (χ2n) is 3.78. The van der Waals surface area contributed by atoms with Gasteiger partial charge in [0.1, 0.15) is 12.0 Å². The summed E-state index contributed by atoms with van der Waals surface area (Å²) in [5.41, 5.74) is 5.28. The van der Waals surface area contributed by atoms with Crippen LogP contribution in [-0.4, -0.2) is 5.50 Å². The minimum atomic E-state index is -0.313. The van der Waals surface area contributed by atoms with Crippen LogP contribution in [0, 0.1) is 0 Å². The summed E-state index contributed by atoms with van der Waals surface area (Å²) in [6, 6.07) is 14.0. The van der Waals surface area contributed by atoms with Crippen molar-refractivity contribution in [3.63, 3.8) is 0 Å². The van der Waals surface area contributed by atoms with Crippen LogP contribution in [0.4, 0.5) is 0 Å². The molecule has 4 nitrogen and oxygen atoms in total. The molecule has 0 radical (unpaired) electrons. The van der Waals surface area contributed by atoms with Gasteiger partial charge in [-0.15, -0.1) is 5.11 Å². The number of hydrogen-bond donors (Lipinski definition) is 1. The van der Waals surface area contributed by atoms with E-state index in [0.29, 0.717) is 5.03 Å². The van der Waals surface area contributed by atoms with Gasteiger partial charge in [-0.3, -0.25) is 5.73 Å². The maximum atomic E-state index is 5.66. The molecular weight excluding hydrogens is 246 g/mol. The van der Waals surface area contributed by atoms with Crippen LogP contribution in [0.2, 0.25) is 0 Å². The van der Waals surface area contributed by atoms with Crippen molar-refractivity contribution in [1.82, 2.24) is 0 Å². The van der Waals surface area contributed by atoms with Crippen molar-refractivity contribution in [3.8, 4) is 5.75 Å². The van der Waals surface area contributed by atoms with E-state index in [2.05, 4.69) is 22.4 Å². The van der Waals surface area contributed by atoms with Crippen LogP contribution in [0.3, 0.4) is 0 Å². The highest BCUT2D eigenvalue weighted by molar-refractivity contribution is 8.03. The first-order valence-corrected chi connectivity index (χ1v) is 6.38. The number of azo groups is 1. The maximum Gasteiger partial charge on any atom is 0.171 e. The van der Waals surface area contributed by atoms with E-state index in [9.17, 15) is 0 Å². The molecule has 0 fully saturated rings. The highest BCUT2D eigenvalue weighted by Gasteiger charge is 2.12. The lowest BCUT2D eigenvalue weighted by atomic mass is 10.1. The van der Waals surface area contributed by atoms with E-state index < -0.39 is 0 Å². The Morgan fingerprint density at radius 1 is 1.17 bits per heavy atom. The number of benzene rings is 2. The smallest absolute Gasteiger partial charge is 0.171 e. The predicted molar refractivity (Wildman–Crippen MR) is 73.1 cm³/mol. The lowest BCUT2D eigenvalue weighted by Gasteiger charge is -2.05. The first-order chi connectivity index (χ1) is 8.83. The van der Waals surface area contributed by atoms with Gasteiger partial charge < -0.3 is 4.74 Å². The molecule has 18 heavy (non-hydrogen) atoms. The normalized spacial score (nSPS) is 20.7. The molecule has 0 amide bonds. The molecule has 2 N–H and O–H groups in total. The Hall–Kier alpha value is -1.85. The summed E-state index contributed by atoms with van der Waals surface area (Å²) in [5.74, 6) is 0.803. The van der Waals surface area contributed by atoms with Gasteiger partial charge in [0.05, 0.1) is 0 Å². The number of fused-ring (bicyclic) bond motifs is 1. The average molecular weight is 257 g/mol. The molecule has 5 heteroatoms. The summed E-state index contributed by atoms with van der Waals surface area (Å²) in [7, 11) is 0. The number of nitrogens with zero attached hydrogens (tertiary/aromatic N) is 2. The van der Waals surface area contributed by atoms with E-state index in [-0.39, 0.29) is 5.50 Å². The van der Waals surface area contributed by atoms with Crippen molar-refractivity contribution in [2.45, 2.75) is 5.50 Å². The highest BCUT2D eigenvalue weighted by Crippen LogP contribution is 2.30. The van der Waals surface area contributed by atoms with Crippen molar-refractivity contribution in [1.29, 1.82) is 0 Å². The third kappa shape index (κ3) is 2.23. The molecule has 0 saturated carbocycles. The van der Waals surface area contributed by atoms with Gasteiger partial charge in [0.25, 0.3) is 0 Å². The zero-order valence-electron chi connectivity index (χ0n) is 9.48. The number of hydrogen-bond acceptors (Lipinski definition) is 5. The van der Waals surface area contributed by atoms with Gasteiger partial charge in [0.15, 0.2) is 10.5 Å². The van der Waals surface area contributed by atoms with Crippen LogP contribution in [0.5, 0.6) is 5.75 Å². The average Bonchev–Trinajstić information content (AvgIpc) is 2.82. The SMILES string of the molecule is NC1N=NC(=COc2cccc3ccccc23)S1. The second kappa shape index (κ2) is 4.80. The first kappa shape index (κ1) is 11.3. The molecule has 1 atom stereocenters. The summed E-state index contributed by atoms with van der Waals surface area (Å²) in [4.78, 5) is 0. The quantitative estimate of drug-likeness (QED) is 0.838. The minimum absolute atomic E-state index is 0.313. The largest absolute Gasteiger partial charge is 0.461 e. The number of ether oxygens (including phenoxy) is 1. The van der Waals surface area contributed by atoms with Crippen LogP contribution in [0.25, 0.3) is 10.8 Å². The molecule has 1 aliphatic heterocycles. The molecular formula is C13H11N3OS. The summed E-state index contributed by atoms with van der Waals surface area (Å²) >= 11 is 1.37. The zero-order valence-corrected chi connectivity index (χ0v) is 10.3. The van der Waals surface area contributed by atoms with Crippen molar-refractivity contribution in [2.24, 2.45) is 16.0 Å². The molecule has 1 unspecified atom stereocenters. The van der Waals surface area contributed by atoms with E-state index in [1.54, 1.807) is 6.26 Å². The Balaban J connectivity index is 1.89. The van der Waals surface area contributed by atoms with E-state index in [0.717, 1.165) is 16.5 Å². The van der Waals surface area contributed by atoms with Gasteiger partial charge in [-0.05, 0) is 11.5 Å². The number of nitrogens with two attached hydrogens (primary N) is 1. The van der Waals surface area contributed by atoms with E-state index in [1.165, 1.54) is 11.8 Å². The van der Waals surface area contributed by atoms with Crippen LogP contribution in [-0.2, 0) is 0 Å². The molecule has 90 valence electrons. The molecule has 2 aromatic rings. The van der Waals surface area contributed by atoms with Gasteiger partial charge in [-0.1, -0.05) is 48.2 Å². The van der Waals surface area contributed by atoms with E-state index in [1.807, 2.05) is 30.3 Å². The van der Waals surface area contributed by atoms with Crippen LogP contribution in [0.15, 0.2) is 64.0 Å². The fourth-order valence-electron chi connectivity index (χ4n) is 1.75. The molecule has 0 aliphatic carbocycles. The monoisotopic (exact) mass is 257 g/mol. The Morgan fingerprint density at radius 2 is 2.00 bits per heavy atom. The first-order valence-electron chi connectivity index (χ1n) is 5.50. The Bertz CT molecular complexity index is 634. The molecule has 1 heterocycles. The summed E-state index contributed by atoms with van der Waals surface area (Å²) in [6.07, 6.45) is 1.59. The molecule has 1 aliphatic rings. The topological polar surface area (TPSA) is 60.0 Å². The summed E-state index contributed by atoms with van der Waals surface area (Å²) in [6.45, 7) is 0. The van der Waals surface area contributed by atoms with Crippen molar-refractivity contribution in [2.75, 3.05) is 0 Å². The molecule has 0 aromatic heterocycles. The molecule has 2 aromatic carbocycles. The van der Waals surface area contributed by atoms with Crippen LogP contribution in [0.1, 0.15) is 0 Å². The van der Waals surface area contributed by atoms with E-state index in [4.69, 9.17) is 10.5 Å². The molecule has 0 bridgehead atoms. The Kier molecular flexibility index (Phi) is 3.00. The van der Waals surface area contributed by atoms with Crippen molar-refractivity contribution in [3.05, 3.63) is 53.8 Å². The van der Waals surface area contributed by atoms with Gasteiger partial charge in [-0.25, -0.2) is 0 Å². The second-order valence-corrected chi connectivity index (χ2v) is 4.91. The van der Waals surface area contributed by atoms with Crippen molar-refractivity contribution < 1.29 is 4.74 Å². The maximum absolute atomic E-state index is 5.66. The number of rotatable bonds is 2. The third-order valence-electron chi connectivity index (χ3n) is 2.55. The fraction of sp³-hybridized carbons (Fsp3) is 0.0769. The minimum Gasteiger partial charge on any atom is -0.461 e. The fourth-order valence-corrected chi connectivity index (χ4v) is 2.29. The standard InChI is InChI=1S/C13H11N3OS/c14-13-16-15-12(18-13)8-17-11-7-3-5-9-4-1-2-6-10(9)11/h1-8,13H,14H2. The Morgan fingerprint density at radius 3 is 2.83 bits per heavy atom. The lowest BCUT2D eigenvalue weighted by molar-refractivity contribution is 0.484. The molecule has 0 saturated heterocycles. The Labute approximate surface area is 109 Å². The van der Waals surface area contributed by atoms with Gasteiger partial charge in [0, 0.05) is 5.39 Å². The zero-order chi connectivity index (χ0) is 12.4. The molecule has 3 rings (SSSR count). The lowest BCUT2D eigenvalue weighted by Crippen LogP contribution is -2.07. The van der Waals surface area contributed by atoms with E-state index >= 15 is 0 Å². The highest BCUT2D eigenvalue weighted by atomic mass is 32.2. The van der Waals surface area contributed by atoms with Gasteiger partial charge in [-0.2, -0.15) is 5.11 Å². The summed E-state index contributed by atoms with van der Waals surface area (Å²) < 4.78 is 5.66. The van der Waals surface area contributed by atoms with Gasteiger partial charge in [0.2, 0.25) is 0 Å². The summed E-state index contributed by atoms with van der Waals surface area (Å²) in [5, 5.41) is 10.6. The predicted octanol–water partition coefficient (Wildman–Crippen LogP) is 3.46. The third-order valence-corrected chi connectivity index (χ3v) is 3.30. The number of thioether (sulfide) groups is 1.